The molecule has 0 fully saturated rings. The van der Waals surface area contributed by atoms with Gasteiger partial charge in [0.15, 0.2) is 0 Å². The van der Waals surface area contributed by atoms with Crippen LogP contribution in [0.15, 0.2) is 5.38 Å². The van der Waals surface area contributed by atoms with Crippen molar-refractivity contribution in [3.8, 4) is 0 Å². The van der Waals surface area contributed by atoms with Crippen LogP contribution in [-0.2, 0) is 9.53 Å². The first-order valence-corrected chi connectivity index (χ1v) is 8.44. The largest absolute Gasteiger partial charge is 0.465 e. The maximum absolute atomic E-state index is 12.0. The van der Waals surface area contributed by atoms with Gasteiger partial charge in [-0.2, -0.15) is 0 Å². The van der Waals surface area contributed by atoms with Gasteiger partial charge in [0.05, 0.1) is 12.8 Å². The Morgan fingerprint density at radius 2 is 1.86 bits per heavy atom. The summed E-state index contributed by atoms with van der Waals surface area (Å²) in [5.74, 6) is -0.430. The predicted molar refractivity (Wildman–Crippen MR) is 87.0 cm³/mol. The van der Waals surface area contributed by atoms with Crippen LogP contribution in [0.25, 0.3) is 0 Å². The number of anilines is 1. The van der Waals surface area contributed by atoms with E-state index < -0.39 is 5.97 Å². The highest BCUT2D eigenvalue weighted by Gasteiger charge is 2.18. The minimum absolute atomic E-state index is 0.0304. The molecule has 1 amide bonds. The van der Waals surface area contributed by atoms with Crippen LogP contribution in [0.2, 0.25) is 0 Å². The van der Waals surface area contributed by atoms with Crippen molar-refractivity contribution in [1.82, 2.24) is 0 Å². The first-order chi connectivity index (χ1) is 10.1. The Kier molecular flexibility index (Phi) is 8.05. The van der Waals surface area contributed by atoms with Crippen LogP contribution in [-0.4, -0.2) is 19.0 Å². The Morgan fingerprint density at radius 3 is 2.52 bits per heavy atom. The molecule has 0 aromatic carbocycles. The van der Waals surface area contributed by atoms with Crippen molar-refractivity contribution in [2.45, 2.75) is 58.8 Å². The van der Waals surface area contributed by atoms with Gasteiger partial charge in [0.2, 0.25) is 5.91 Å². The number of hydrogen-bond donors (Lipinski definition) is 1. The van der Waals surface area contributed by atoms with Gasteiger partial charge in [-0.3, -0.25) is 4.79 Å². The molecule has 1 heterocycles. The Balaban J connectivity index is 2.41. The molecule has 5 heteroatoms. The molecule has 1 N–H and O–H groups in total. The maximum atomic E-state index is 12.0. The number of esters is 1. The van der Waals surface area contributed by atoms with Crippen molar-refractivity contribution >= 4 is 28.9 Å². The Labute approximate surface area is 130 Å². The molecule has 0 bridgehead atoms. The molecule has 0 radical (unpaired) electrons. The predicted octanol–water partition coefficient (Wildman–Crippen LogP) is 4.53. The molecule has 1 aromatic rings. The number of ether oxygens (including phenoxy) is 1. The van der Waals surface area contributed by atoms with Crippen LogP contribution < -0.4 is 5.32 Å². The second-order valence-electron chi connectivity index (χ2n) is 5.18. The fraction of sp³-hybridized carbons (Fsp3) is 0.625. The molecule has 0 aliphatic rings. The van der Waals surface area contributed by atoms with E-state index in [2.05, 4.69) is 12.2 Å². The molecule has 0 aliphatic carbocycles. The van der Waals surface area contributed by atoms with Gasteiger partial charge < -0.3 is 10.1 Å². The first-order valence-electron chi connectivity index (χ1n) is 7.56. The van der Waals surface area contributed by atoms with E-state index in [1.54, 1.807) is 0 Å². The van der Waals surface area contributed by atoms with Crippen molar-refractivity contribution < 1.29 is 14.3 Å². The number of carbonyl (C=O) groups excluding carboxylic acids is 2. The molecular formula is C16H25NO3S. The Bertz CT molecular complexity index is 468. The Hall–Kier alpha value is -1.36. The van der Waals surface area contributed by atoms with E-state index in [0.717, 1.165) is 18.4 Å². The molecule has 21 heavy (non-hydrogen) atoms. The molecule has 1 rings (SSSR count). The van der Waals surface area contributed by atoms with Crippen LogP contribution in [0.3, 0.4) is 0 Å². The highest BCUT2D eigenvalue weighted by Crippen LogP contribution is 2.28. The molecule has 4 nitrogen and oxygen atoms in total. The third-order valence-corrected chi connectivity index (χ3v) is 4.45. The Morgan fingerprint density at radius 1 is 1.19 bits per heavy atom. The van der Waals surface area contributed by atoms with Crippen molar-refractivity contribution in [1.29, 1.82) is 0 Å². The third kappa shape index (κ3) is 5.87. The number of hydrogen-bond acceptors (Lipinski definition) is 4. The summed E-state index contributed by atoms with van der Waals surface area (Å²) in [4.78, 5) is 24.0. The number of thiophene rings is 1. The zero-order chi connectivity index (χ0) is 15.7. The lowest BCUT2D eigenvalue weighted by atomic mass is 10.1. The van der Waals surface area contributed by atoms with E-state index in [4.69, 9.17) is 4.74 Å². The molecule has 1 aromatic heterocycles. The zero-order valence-electron chi connectivity index (χ0n) is 13.2. The maximum Gasteiger partial charge on any atom is 0.350 e. The molecule has 0 atom stereocenters. The fourth-order valence-electron chi connectivity index (χ4n) is 2.11. The zero-order valence-corrected chi connectivity index (χ0v) is 14.0. The van der Waals surface area contributed by atoms with Gasteiger partial charge in [-0.15, -0.1) is 11.3 Å². The van der Waals surface area contributed by atoms with E-state index >= 15 is 0 Å². The van der Waals surface area contributed by atoms with Crippen molar-refractivity contribution in [3.05, 3.63) is 15.8 Å². The van der Waals surface area contributed by atoms with E-state index in [-0.39, 0.29) is 5.91 Å². The number of nitrogens with one attached hydrogen (secondary N) is 1. The monoisotopic (exact) mass is 311 g/mol. The third-order valence-electron chi connectivity index (χ3n) is 3.37. The van der Waals surface area contributed by atoms with Crippen LogP contribution in [0.5, 0.6) is 0 Å². The summed E-state index contributed by atoms with van der Waals surface area (Å²) in [6.45, 7) is 4.07. The molecule has 0 saturated heterocycles. The highest BCUT2D eigenvalue weighted by molar-refractivity contribution is 7.12. The van der Waals surface area contributed by atoms with Crippen LogP contribution >= 0.6 is 11.3 Å². The molecule has 0 saturated carbocycles. The minimum Gasteiger partial charge on any atom is -0.465 e. The normalized spacial score (nSPS) is 10.4. The summed E-state index contributed by atoms with van der Waals surface area (Å²) in [7, 11) is 1.35. The molecule has 118 valence electrons. The first kappa shape index (κ1) is 17.7. The average Bonchev–Trinajstić information content (AvgIpc) is 2.83. The van der Waals surface area contributed by atoms with E-state index in [0.29, 0.717) is 17.0 Å². The lowest BCUT2D eigenvalue weighted by Gasteiger charge is -2.07. The van der Waals surface area contributed by atoms with Crippen LogP contribution in [0.1, 0.15) is 67.1 Å². The second-order valence-corrected chi connectivity index (χ2v) is 6.06. The van der Waals surface area contributed by atoms with Crippen LogP contribution in [0, 0.1) is 6.92 Å². The van der Waals surface area contributed by atoms with Gasteiger partial charge in [-0.25, -0.2) is 4.79 Å². The summed E-state index contributed by atoms with van der Waals surface area (Å²) in [6.07, 6.45) is 7.41. The molecule has 0 aliphatic heterocycles. The fourth-order valence-corrected chi connectivity index (χ4v) is 3.03. The van der Waals surface area contributed by atoms with Gasteiger partial charge in [-0.1, -0.05) is 39.0 Å². The van der Waals surface area contributed by atoms with Crippen molar-refractivity contribution in [2.24, 2.45) is 0 Å². The number of amides is 1. The molecular weight excluding hydrogens is 286 g/mol. The van der Waals surface area contributed by atoms with Gasteiger partial charge in [0.25, 0.3) is 0 Å². The van der Waals surface area contributed by atoms with Crippen molar-refractivity contribution in [2.75, 3.05) is 12.4 Å². The lowest BCUT2D eigenvalue weighted by Crippen LogP contribution is -2.14. The number of aryl methyl sites for hydroxylation is 1. The number of methoxy groups -OCH3 is 1. The van der Waals surface area contributed by atoms with Gasteiger partial charge in [0.1, 0.15) is 4.88 Å². The van der Waals surface area contributed by atoms with Gasteiger partial charge >= 0.3 is 5.97 Å². The number of rotatable bonds is 9. The smallest absolute Gasteiger partial charge is 0.350 e. The number of carbonyl (C=O) groups is 2. The van der Waals surface area contributed by atoms with Crippen LogP contribution in [0.4, 0.5) is 5.69 Å². The summed E-state index contributed by atoms with van der Waals surface area (Å²) in [5, 5.41) is 4.70. The molecule has 0 unspecified atom stereocenters. The molecule has 0 spiro atoms. The standard InChI is InChI=1S/C16H25NO3S/c1-4-5-6-7-8-9-10-13(18)17-14-12(2)11-21-15(14)16(19)20-3/h11H,4-10H2,1-3H3,(H,17,18). The van der Waals surface area contributed by atoms with Crippen molar-refractivity contribution in [3.63, 3.8) is 0 Å². The summed E-state index contributed by atoms with van der Waals surface area (Å²) < 4.78 is 4.73. The SMILES string of the molecule is CCCCCCCCC(=O)Nc1c(C)csc1C(=O)OC. The van der Waals surface area contributed by atoms with E-state index in [1.165, 1.54) is 44.1 Å². The lowest BCUT2D eigenvalue weighted by molar-refractivity contribution is -0.116. The summed E-state index contributed by atoms with van der Waals surface area (Å²) in [5.41, 5.74) is 1.50. The van der Waals surface area contributed by atoms with Gasteiger partial charge in [-0.05, 0) is 24.3 Å². The summed E-state index contributed by atoms with van der Waals surface area (Å²) in [6, 6.07) is 0. The summed E-state index contributed by atoms with van der Waals surface area (Å²) >= 11 is 1.30. The average molecular weight is 311 g/mol. The minimum atomic E-state index is -0.400. The topological polar surface area (TPSA) is 55.4 Å². The van der Waals surface area contributed by atoms with E-state index in [1.807, 2.05) is 12.3 Å². The second kappa shape index (κ2) is 9.55. The quantitative estimate of drug-likeness (QED) is 0.538. The van der Waals surface area contributed by atoms with E-state index in [9.17, 15) is 9.59 Å². The van der Waals surface area contributed by atoms with Gasteiger partial charge in [0, 0.05) is 6.42 Å². The highest BCUT2D eigenvalue weighted by atomic mass is 32.1. The number of unbranched alkanes of at least 4 members (excludes halogenated alkanes) is 5.